The second-order valence-electron chi connectivity index (χ2n) is 7.54. The second-order valence-corrected chi connectivity index (χ2v) is 7.54. The minimum absolute atomic E-state index is 0.192. The Labute approximate surface area is 171 Å². The molecule has 11 nitrogen and oxygen atoms in total. The molecule has 0 saturated carbocycles. The molecule has 0 aliphatic rings. The molecule has 11 heteroatoms. The number of anilines is 1. The molecule has 1 aromatic carbocycles. The van der Waals surface area contributed by atoms with E-state index in [9.17, 15) is 19.2 Å². The zero-order valence-electron chi connectivity index (χ0n) is 16.9. The number of ether oxygens (including phenoxy) is 1. The lowest BCUT2D eigenvalue weighted by Gasteiger charge is -2.19. The Kier molecular flexibility index (Phi) is 6.98. The van der Waals surface area contributed by atoms with Gasteiger partial charge in [-0.05, 0) is 44.9 Å². The second kappa shape index (κ2) is 9.25. The van der Waals surface area contributed by atoms with Crippen LogP contribution in [0.1, 0.15) is 32.8 Å². The number of aromatic nitrogens is 1. The van der Waals surface area contributed by atoms with Crippen molar-refractivity contribution in [3.8, 4) is 0 Å². The Morgan fingerprint density at radius 1 is 1.30 bits per heavy atom. The summed E-state index contributed by atoms with van der Waals surface area (Å²) in [6.07, 6.45) is -0.597. The van der Waals surface area contributed by atoms with Gasteiger partial charge in [-0.2, -0.15) is 4.98 Å². The first-order valence-corrected chi connectivity index (χ1v) is 9.13. The third kappa shape index (κ3) is 6.76. The van der Waals surface area contributed by atoms with Crippen LogP contribution in [-0.4, -0.2) is 46.2 Å². The van der Waals surface area contributed by atoms with Crippen molar-refractivity contribution in [1.82, 2.24) is 10.3 Å². The van der Waals surface area contributed by atoms with Crippen LogP contribution in [0.15, 0.2) is 27.4 Å². The summed E-state index contributed by atoms with van der Waals surface area (Å²) in [5, 5.41) is 14.3. The van der Waals surface area contributed by atoms with Gasteiger partial charge in [-0.1, -0.05) is 6.07 Å². The van der Waals surface area contributed by atoms with E-state index in [1.807, 2.05) is 0 Å². The van der Waals surface area contributed by atoms with Gasteiger partial charge >= 0.3 is 17.7 Å². The average Bonchev–Trinajstić information content (AvgIpc) is 2.59. The summed E-state index contributed by atoms with van der Waals surface area (Å²) >= 11 is 0. The maximum absolute atomic E-state index is 12.3. The number of nitrogens with zero attached hydrogens (tertiary/aromatic N) is 1. The Morgan fingerprint density at radius 3 is 2.60 bits per heavy atom. The number of carboxylic acid groups (broad SMARTS) is 1. The Hall–Kier alpha value is -3.63. The summed E-state index contributed by atoms with van der Waals surface area (Å²) in [6.45, 7) is 5.58. The molecule has 0 aliphatic carbocycles. The number of fused-ring (bicyclic) bond motifs is 1. The first kappa shape index (κ1) is 22.7. The summed E-state index contributed by atoms with van der Waals surface area (Å²) < 4.78 is 10.2. The van der Waals surface area contributed by atoms with Crippen molar-refractivity contribution in [2.75, 3.05) is 11.9 Å². The van der Waals surface area contributed by atoms with Crippen LogP contribution in [-0.2, 0) is 20.7 Å². The molecule has 2 aromatic rings. The zero-order valence-corrected chi connectivity index (χ0v) is 16.9. The van der Waals surface area contributed by atoms with Crippen molar-refractivity contribution in [3.05, 3.63) is 34.2 Å². The van der Waals surface area contributed by atoms with Crippen molar-refractivity contribution in [2.24, 2.45) is 5.73 Å². The lowest BCUT2D eigenvalue weighted by atomic mass is 10.1. The van der Waals surface area contributed by atoms with Crippen LogP contribution in [0.4, 0.5) is 10.8 Å². The number of hydrogen-bond donors (Lipinski definition) is 4. The van der Waals surface area contributed by atoms with Crippen LogP contribution >= 0.6 is 0 Å². The van der Waals surface area contributed by atoms with Gasteiger partial charge in [-0.15, -0.1) is 0 Å². The fourth-order valence-corrected chi connectivity index (χ4v) is 2.51. The zero-order chi connectivity index (χ0) is 22.5. The molecule has 0 fully saturated rings. The number of carboxylic acids is 1. The minimum Gasteiger partial charge on any atom is -0.480 e. The number of carbonyl (C=O) groups is 3. The highest BCUT2D eigenvalue weighted by Crippen LogP contribution is 2.15. The summed E-state index contributed by atoms with van der Waals surface area (Å²) in [5.74, 6) is -2.17. The highest BCUT2D eigenvalue weighted by molar-refractivity contribution is 5.85. The molecule has 0 bridgehead atoms. The highest BCUT2D eigenvalue weighted by atomic mass is 16.6. The van der Waals surface area contributed by atoms with Crippen LogP contribution in [0.25, 0.3) is 10.9 Å². The van der Waals surface area contributed by atoms with Gasteiger partial charge in [0.1, 0.15) is 11.6 Å². The van der Waals surface area contributed by atoms with E-state index >= 15 is 0 Å². The van der Waals surface area contributed by atoms with Crippen molar-refractivity contribution in [2.45, 2.75) is 45.3 Å². The molecule has 2 rings (SSSR count). The third-order valence-corrected chi connectivity index (χ3v) is 3.78. The first-order chi connectivity index (χ1) is 13.9. The first-order valence-electron chi connectivity index (χ1n) is 9.13. The molecule has 0 radical (unpaired) electrons. The quantitative estimate of drug-likeness (QED) is 0.485. The molecule has 0 aliphatic heterocycles. The number of amides is 2. The Balaban J connectivity index is 2.10. The van der Waals surface area contributed by atoms with Crippen molar-refractivity contribution < 1.29 is 28.6 Å². The van der Waals surface area contributed by atoms with Crippen molar-refractivity contribution in [1.29, 1.82) is 0 Å². The molecule has 1 heterocycles. The summed E-state index contributed by atoms with van der Waals surface area (Å²) in [4.78, 5) is 50.2. The molecule has 0 saturated heterocycles. The van der Waals surface area contributed by atoms with E-state index in [1.54, 1.807) is 39.0 Å². The van der Waals surface area contributed by atoms with Gasteiger partial charge in [-0.25, -0.2) is 14.4 Å². The fraction of sp³-hybridized carbons (Fsp3) is 0.421. The number of alkyl carbamates (subject to hydrolysis) is 1. The normalized spacial score (nSPS) is 12.2. The van der Waals surface area contributed by atoms with Crippen LogP contribution in [0.3, 0.4) is 0 Å². The number of nitrogens with two attached hydrogens (primary N) is 1. The topological polar surface area (TPSA) is 174 Å². The molecule has 0 spiro atoms. The van der Waals surface area contributed by atoms with Crippen molar-refractivity contribution in [3.63, 3.8) is 0 Å². The highest BCUT2D eigenvalue weighted by Gasteiger charge is 2.22. The monoisotopic (exact) mass is 420 g/mol. The predicted octanol–water partition coefficient (Wildman–Crippen LogP) is 0.996. The molecular weight excluding hydrogens is 396 g/mol. The summed E-state index contributed by atoms with van der Waals surface area (Å²) in [6, 6.07) is 3.15. The van der Waals surface area contributed by atoms with Gasteiger partial charge in [0.2, 0.25) is 5.91 Å². The van der Waals surface area contributed by atoms with E-state index in [2.05, 4.69) is 15.6 Å². The maximum atomic E-state index is 12.3. The van der Waals surface area contributed by atoms with Gasteiger partial charge in [-0.3, -0.25) is 4.79 Å². The largest absolute Gasteiger partial charge is 0.480 e. The van der Waals surface area contributed by atoms with Crippen molar-refractivity contribution >= 4 is 34.9 Å². The Bertz CT molecular complexity index is 1010. The van der Waals surface area contributed by atoms with Gasteiger partial charge in [0.25, 0.3) is 6.01 Å². The molecule has 1 aromatic heterocycles. The van der Waals surface area contributed by atoms with Gasteiger partial charge in [0.15, 0.2) is 0 Å². The molecular formula is C19H24N4O7. The van der Waals surface area contributed by atoms with Crippen LogP contribution in [0.5, 0.6) is 0 Å². The van der Waals surface area contributed by atoms with Gasteiger partial charge < -0.3 is 30.6 Å². The van der Waals surface area contributed by atoms with E-state index in [0.717, 1.165) is 5.56 Å². The van der Waals surface area contributed by atoms with E-state index < -0.39 is 41.7 Å². The smallest absolute Gasteiger partial charge is 0.407 e. The minimum atomic E-state index is -1.38. The molecule has 0 unspecified atom stereocenters. The van der Waals surface area contributed by atoms with E-state index in [4.69, 9.17) is 20.0 Å². The number of carbonyl (C=O) groups excluding carboxylic acids is 2. The van der Waals surface area contributed by atoms with Gasteiger partial charge in [0, 0.05) is 6.54 Å². The fourth-order valence-electron chi connectivity index (χ4n) is 2.51. The predicted molar refractivity (Wildman–Crippen MR) is 107 cm³/mol. The van der Waals surface area contributed by atoms with Crippen LogP contribution in [0.2, 0.25) is 0 Å². The molecule has 30 heavy (non-hydrogen) atoms. The van der Waals surface area contributed by atoms with E-state index in [1.165, 1.54) is 0 Å². The number of primary amides is 1. The number of nitrogens with one attached hydrogen (secondary N) is 2. The van der Waals surface area contributed by atoms with Crippen LogP contribution in [0, 0.1) is 0 Å². The average molecular weight is 420 g/mol. The Morgan fingerprint density at radius 2 is 2.00 bits per heavy atom. The number of hydrogen-bond acceptors (Lipinski definition) is 8. The summed E-state index contributed by atoms with van der Waals surface area (Å²) in [7, 11) is 0. The number of rotatable bonds is 8. The molecule has 1 atom stereocenters. The number of benzene rings is 1. The lowest BCUT2D eigenvalue weighted by molar-refractivity contribution is -0.139. The van der Waals surface area contributed by atoms with Crippen LogP contribution < -0.4 is 22.0 Å². The molecule has 2 amide bonds. The van der Waals surface area contributed by atoms with E-state index in [0.29, 0.717) is 13.0 Å². The standard InChI is InChI=1S/C19H24N4O7/c1-19(2,3)30-18(28)21-7-6-10-4-5-12-11(8-10)16(27)29-17(22-12)23-13(15(25)26)9-14(20)24/h4-5,8,13H,6-7,9H2,1-3H3,(H2,20,24)(H,21,28)(H,22,23)(H,25,26)/t13-/m0/s1. The SMILES string of the molecule is CC(C)(C)OC(=O)NCCc1ccc2nc(N[C@@H](CC(N)=O)C(=O)O)oc(=O)c2c1. The summed E-state index contributed by atoms with van der Waals surface area (Å²) in [5.41, 5.74) is 4.73. The van der Waals surface area contributed by atoms with Gasteiger partial charge in [0.05, 0.1) is 17.3 Å². The maximum Gasteiger partial charge on any atom is 0.407 e. The lowest BCUT2D eigenvalue weighted by Crippen LogP contribution is -2.34. The number of aliphatic carboxylic acids is 1. The molecule has 5 N–H and O–H groups in total. The third-order valence-electron chi connectivity index (χ3n) is 3.78. The molecule has 162 valence electrons. The van der Waals surface area contributed by atoms with E-state index in [-0.39, 0.29) is 16.9 Å².